The standard InChI is InChI=1S/C22H34N2O4.C7H8O3S/c25-20(13-23-19-1-2-19)24-12-14-3-5-21(6-4-14)26-22(28-27-21)17-8-15-7-16(10-17)11-18(22)9-15;1-6-2-4-7(5-3-6)11(8,9)10/h14-19,23H,1-13H2,(H,24,25);2-5H,1H3,(H,8,9,10). The van der Waals surface area contributed by atoms with E-state index in [1.54, 1.807) is 12.1 Å². The molecule has 7 aliphatic rings. The van der Waals surface area contributed by atoms with Gasteiger partial charge in [-0.25, -0.2) is 0 Å². The average molecular weight is 563 g/mol. The van der Waals surface area contributed by atoms with E-state index in [0.29, 0.717) is 30.3 Å². The van der Waals surface area contributed by atoms with Crippen molar-refractivity contribution in [2.75, 3.05) is 13.1 Å². The molecule has 7 fully saturated rings. The lowest BCUT2D eigenvalue weighted by Crippen LogP contribution is -2.59. The Bertz CT molecular complexity index is 1110. The topological polar surface area (TPSA) is 123 Å². The zero-order chi connectivity index (χ0) is 27.3. The van der Waals surface area contributed by atoms with Crippen molar-refractivity contribution >= 4 is 16.0 Å². The van der Waals surface area contributed by atoms with E-state index >= 15 is 0 Å². The van der Waals surface area contributed by atoms with E-state index in [9.17, 15) is 13.2 Å². The molecule has 8 rings (SSSR count). The molecule has 39 heavy (non-hydrogen) atoms. The van der Waals surface area contributed by atoms with Gasteiger partial charge < -0.3 is 15.4 Å². The molecular formula is C29H42N2O7S. The molecule has 6 saturated carbocycles. The summed E-state index contributed by atoms with van der Waals surface area (Å²) in [6, 6.07) is 6.57. The van der Waals surface area contributed by atoms with Gasteiger partial charge in [-0.1, -0.05) is 17.7 Å². The van der Waals surface area contributed by atoms with Gasteiger partial charge in [0.2, 0.25) is 17.5 Å². The Morgan fingerprint density at radius 1 is 0.949 bits per heavy atom. The van der Waals surface area contributed by atoms with Gasteiger partial charge in [-0.3, -0.25) is 9.35 Å². The summed E-state index contributed by atoms with van der Waals surface area (Å²) in [6.07, 6.45) is 12.7. The maximum atomic E-state index is 12.0. The van der Waals surface area contributed by atoms with Crippen molar-refractivity contribution in [2.24, 2.45) is 29.6 Å². The van der Waals surface area contributed by atoms with Crippen molar-refractivity contribution in [3.8, 4) is 0 Å². The smallest absolute Gasteiger partial charge is 0.294 e. The summed E-state index contributed by atoms with van der Waals surface area (Å²) in [4.78, 5) is 24.0. The van der Waals surface area contributed by atoms with E-state index in [-0.39, 0.29) is 10.8 Å². The molecule has 4 bridgehead atoms. The number of benzene rings is 1. The van der Waals surface area contributed by atoms with Gasteiger partial charge in [0, 0.05) is 37.3 Å². The largest absolute Gasteiger partial charge is 0.355 e. The zero-order valence-corrected chi connectivity index (χ0v) is 23.6. The van der Waals surface area contributed by atoms with Gasteiger partial charge in [-0.2, -0.15) is 18.2 Å². The van der Waals surface area contributed by atoms with Gasteiger partial charge >= 0.3 is 0 Å². The summed E-state index contributed by atoms with van der Waals surface area (Å²) >= 11 is 0. The lowest BCUT2D eigenvalue weighted by atomic mass is 9.53. The number of carbonyl (C=O) groups excluding carboxylic acids is 1. The minimum atomic E-state index is -4.02. The third-order valence-corrected chi connectivity index (χ3v) is 10.7. The fraction of sp³-hybridized carbons (Fsp3) is 0.759. The van der Waals surface area contributed by atoms with Crippen molar-refractivity contribution in [1.82, 2.24) is 10.6 Å². The molecule has 216 valence electrons. The normalized spacial score (nSPS) is 38.6. The maximum absolute atomic E-state index is 12.0. The van der Waals surface area contributed by atoms with Crippen LogP contribution in [0.15, 0.2) is 29.2 Å². The van der Waals surface area contributed by atoms with Crippen LogP contribution in [-0.2, 0) is 29.4 Å². The number of aryl methyl sites for hydroxylation is 1. The molecule has 9 nitrogen and oxygen atoms in total. The van der Waals surface area contributed by atoms with Crippen LogP contribution in [-0.4, -0.2) is 49.6 Å². The molecular weight excluding hydrogens is 520 g/mol. The van der Waals surface area contributed by atoms with Crippen molar-refractivity contribution in [3.05, 3.63) is 29.8 Å². The van der Waals surface area contributed by atoms with Crippen LogP contribution in [0.4, 0.5) is 0 Å². The van der Waals surface area contributed by atoms with Gasteiger partial charge in [0.05, 0.1) is 11.4 Å². The molecule has 0 atom stereocenters. The van der Waals surface area contributed by atoms with Crippen LogP contribution in [0, 0.1) is 36.5 Å². The first-order valence-corrected chi connectivity index (χ1v) is 16.2. The predicted octanol–water partition coefficient (Wildman–Crippen LogP) is 4.11. The predicted molar refractivity (Wildman–Crippen MR) is 143 cm³/mol. The first kappa shape index (κ1) is 27.6. The van der Waals surface area contributed by atoms with Crippen molar-refractivity contribution in [2.45, 2.75) is 100 Å². The minimum Gasteiger partial charge on any atom is -0.355 e. The van der Waals surface area contributed by atoms with Gasteiger partial charge in [0.1, 0.15) is 0 Å². The number of hydrogen-bond donors (Lipinski definition) is 3. The van der Waals surface area contributed by atoms with Gasteiger partial charge in [0.25, 0.3) is 10.1 Å². The van der Waals surface area contributed by atoms with Crippen LogP contribution in [0.3, 0.4) is 0 Å². The van der Waals surface area contributed by atoms with Crippen LogP contribution < -0.4 is 10.6 Å². The molecule has 0 radical (unpaired) electrons. The van der Waals surface area contributed by atoms with Crippen molar-refractivity contribution in [3.63, 3.8) is 0 Å². The minimum absolute atomic E-state index is 0.0666. The van der Waals surface area contributed by atoms with Crippen LogP contribution in [0.5, 0.6) is 0 Å². The molecule has 2 spiro atoms. The highest BCUT2D eigenvalue weighted by molar-refractivity contribution is 7.85. The van der Waals surface area contributed by atoms with Gasteiger partial charge in [-0.05, 0) is 94.6 Å². The van der Waals surface area contributed by atoms with Gasteiger partial charge in [-0.15, -0.1) is 0 Å². The third kappa shape index (κ3) is 6.06. The van der Waals surface area contributed by atoms with E-state index in [1.807, 2.05) is 6.92 Å². The molecule has 6 aliphatic carbocycles. The zero-order valence-electron chi connectivity index (χ0n) is 22.8. The van der Waals surface area contributed by atoms with Crippen LogP contribution in [0.1, 0.15) is 76.2 Å². The molecule has 0 aromatic heterocycles. The molecule has 3 N–H and O–H groups in total. The van der Waals surface area contributed by atoms with Crippen LogP contribution >= 0.6 is 0 Å². The van der Waals surface area contributed by atoms with Crippen LogP contribution in [0.25, 0.3) is 0 Å². The molecule has 1 heterocycles. The van der Waals surface area contributed by atoms with Crippen molar-refractivity contribution in [1.29, 1.82) is 0 Å². The molecule has 1 aliphatic heterocycles. The second-order valence-corrected chi connectivity index (χ2v) is 14.3. The van der Waals surface area contributed by atoms with Crippen LogP contribution in [0.2, 0.25) is 0 Å². The highest BCUT2D eigenvalue weighted by atomic mass is 32.2. The number of ether oxygens (including phenoxy) is 1. The SMILES string of the molecule is Cc1ccc(S(=O)(=O)O)cc1.O=C(CNC1CC1)NCC1CCC2(CC1)OOC1(O2)C2CC3CC(C2)CC1C3. The number of amides is 1. The third-order valence-electron chi connectivity index (χ3n) is 9.85. The quantitative estimate of drug-likeness (QED) is 0.350. The summed E-state index contributed by atoms with van der Waals surface area (Å²) in [5, 5.41) is 6.37. The number of rotatable bonds is 6. The number of carbonyl (C=O) groups is 1. The summed E-state index contributed by atoms with van der Waals surface area (Å²) in [7, 11) is -4.02. The Morgan fingerprint density at radius 3 is 2.13 bits per heavy atom. The number of nitrogens with one attached hydrogen (secondary N) is 2. The first-order valence-electron chi connectivity index (χ1n) is 14.7. The summed E-state index contributed by atoms with van der Waals surface area (Å²) in [5.41, 5.74) is 0.956. The van der Waals surface area contributed by atoms with E-state index in [1.165, 1.54) is 57.1 Å². The Hall–Kier alpha value is -1.56. The molecule has 0 unspecified atom stereocenters. The fourth-order valence-electron chi connectivity index (χ4n) is 7.67. The van der Waals surface area contributed by atoms with Gasteiger partial charge in [0.15, 0.2) is 0 Å². The highest BCUT2D eigenvalue weighted by Crippen LogP contribution is 2.63. The number of hydrogen-bond acceptors (Lipinski definition) is 7. The second-order valence-electron chi connectivity index (χ2n) is 12.9. The second kappa shape index (κ2) is 10.7. The lowest BCUT2D eigenvalue weighted by molar-refractivity contribution is -0.390. The summed E-state index contributed by atoms with van der Waals surface area (Å²) < 4.78 is 36.3. The van der Waals surface area contributed by atoms with E-state index in [0.717, 1.165) is 49.6 Å². The van der Waals surface area contributed by atoms with E-state index < -0.39 is 21.7 Å². The summed E-state index contributed by atoms with van der Waals surface area (Å²) in [5.74, 6) is 2.48. The lowest BCUT2D eigenvalue weighted by Gasteiger charge is -2.57. The molecule has 1 amide bonds. The molecule has 1 aromatic rings. The monoisotopic (exact) mass is 562 g/mol. The molecule has 1 saturated heterocycles. The molecule has 1 aromatic carbocycles. The Kier molecular flexibility index (Phi) is 7.56. The van der Waals surface area contributed by atoms with E-state index in [4.69, 9.17) is 19.1 Å². The van der Waals surface area contributed by atoms with E-state index in [2.05, 4.69) is 10.6 Å². The maximum Gasteiger partial charge on any atom is 0.294 e. The Labute approximate surface area is 231 Å². The van der Waals surface area contributed by atoms with Crippen molar-refractivity contribution < 1.29 is 32.3 Å². The average Bonchev–Trinajstić information content (AvgIpc) is 3.66. The fourth-order valence-corrected chi connectivity index (χ4v) is 8.15. The first-order chi connectivity index (χ1) is 18.6. The highest BCUT2D eigenvalue weighted by Gasteiger charge is 2.66. The Morgan fingerprint density at radius 2 is 1.56 bits per heavy atom. The Balaban J connectivity index is 0.000000213. The summed E-state index contributed by atoms with van der Waals surface area (Å²) in [6.45, 7) is 3.06. The molecule has 10 heteroatoms.